The zero-order chi connectivity index (χ0) is 22.8. The highest BCUT2D eigenvalue weighted by atomic mass is 16.5. The second-order valence-corrected chi connectivity index (χ2v) is 8.48. The van der Waals surface area contributed by atoms with Crippen molar-refractivity contribution in [1.29, 1.82) is 0 Å². The average molecular weight is 438 g/mol. The SMILES string of the molecule is C=CC(=O)N1CCC(n2ccc3c(C)cnc(-c4cccc(Oc5ccccc5)c4)c32)CC1. The van der Waals surface area contributed by atoms with E-state index in [-0.39, 0.29) is 5.91 Å². The maximum Gasteiger partial charge on any atom is 0.245 e. The first-order chi connectivity index (χ1) is 16.1. The van der Waals surface area contributed by atoms with Gasteiger partial charge in [-0.2, -0.15) is 0 Å². The summed E-state index contributed by atoms with van der Waals surface area (Å²) in [6, 6.07) is 20.4. The molecule has 1 fully saturated rings. The number of pyridine rings is 1. The fourth-order valence-electron chi connectivity index (χ4n) is 4.65. The van der Waals surface area contributed by atoms with Crippen molar-refractivity contribution in [2.24, 2.45) is 0 Å². The molecule has 0 spiro atoms. The number of aromatic nitrogens is 2. The van der Waals surface area contributed by atoms with Crippen LogP contribution in [0.4, 0.5) is 0 Å². The standard InChI is InChI=1S/C28H27N3O2/c1-3-26(32)30-15-12-22(13-16-30)31-17-14-25-20(2)19-29-27(28(25)31)21-8-7-11-24(18-21)33-23-9-5-4-6-10-23/h3-11,14,17-19,22H,1,12-13,15-16H2,2H3. The van der Waals surface area contributed by atoms with Crippen LogP contribution >= 0.6 is 0 Å². The van der Waals surface area contributed by atoms with Crippen molar-refractivity contribution in [3.05, 3.63) is 91.3 Å². The minimum absolute atomic E-state index is 0.0132. The highest BCUT2D eigenvalue weighted by molar-refractivity contribution is 5.94. The van der Waals surface area contributed by atoms with E-state index in [4.69, 9.17) is 9.72 Å². The highest BCUT2D eigenvalue weighted by Gasteiger charge is 2.25. The van der Waals surface area contributed by atoms with Crippen LogP contribution in [0.1, 0.15) is 24.4 Å². The van der Waals surface area contributed by atoms with Gasteiger partial charge in [0.05, 0.1) is 11.2 Å². The van der Waals surface area contributed by atoms with E-state index in [0.29, 0.717) is 6.04 Å². The zero-order valence-corrected chi connectivity index (χ0v) is 18.8. The van der Waals surface area contributed by atoms with Crippen molar-refractivity contribution >= 4 is 16.8 Å². The van der Waals surface area contributed by atoms with Gasteiger partial charge in [-0.1, -0.05) is 36.9 Å². The van der Waals surface area contributed by atoms with Gasteiger partial charge in [-0.05, 0) is 61.7 Å². The van der Waals surface area contributed by atoms with Gasteiger partial charge >= 0.3 is 0 Å². The van der Waals surface area contributed by atoms with Crippen LogP contribution in [0.15, 0.2) is 85.7 Å². The lowest BCUT2D eigenvalue weighted by atomic mass is 10.0. The fourth-order valence-corrected chi connectivity index (χ4v) is 4.65. The summed E-state index contributed by atoms with van der Waals surface area (Å²) in [5.41, 5.74) is 4.26. The summed E-state index contributed by atoms with van der Waals surface area (Å²) in [4.78, 5) is 18.7. The van der Waals surface area contributed by atoms with Gasteiger partial charge in [-0.25, -0.2) is 0 Å². The van der Waals surface area contributed by atoms with Crippen molar-refractivity contribution < 1.29 is 9.53 Å². The quantitative estimate of drug-likeness (QED) is 0.352. The Hall–Kier alpha value is -3.86. The van der Waals surface area contributed by atoms with E-state index in [0.717, 1.165) is 59.8 Å². The Morgan fingerprint density at radius 2 is 1.82 bits per heavy atom. The number of carbonyl (C=O) groups excluding carboxylic acids is 1. The first-order valence-corrected chi connectivity index (χ1v) is 11.3. The Labute approximate surface area is 193 Å². The Kier molecular flexibility index (Phi) is 5.69. The van der Waals surface area contributed by atoms with E-state index in [9.17, 15) is 4.79 Å². The van der Waals surface area contributed by atoms with Gasteiger partial charge < -0.3 is 14.2 Å². The van der Waals surface area contributed by atoms with Gasteiger partial charge in [0.25, 0.3) is 0 Å². The highest BCUT2D eigenvalue weighted by Crippen LogP contribution is 2.36. The second-order valence-electron chi connectivity index (χ2n) is 8.48. The van der Waals surface area contributed by atoms with Gasteiger partial charge in [0.1, 0.15) is 11.5 Å². The van der Waals surface area contributed by atoms with Crippen LogP contribution in [0.3, 0.4) is 0 Å². The maximum atomic E-state index is 12.0. The second kappa shape index (κ2) is 8.94. The van der Waals surface area contributed by atoms with E-state index >= 15 is 0 Å². The topological polar surface area (TPSA) is 47.4 Å². The predicted molar refractivity (Wildman–Crippen MR) is 131 cm³/mol. The number of benzene rings is 2. The molecule has 0 radical (unpaired) electrons. The summed E-state index contributed by atoms with van der Waals surface area (Å²) >= 11 is 0. The van der Waals surface area contributed by atoms with Gasteiger partial charge in [0.15, 0.2) is 0 Å². The summed E-state index contributed by atoms with van der Waals surface area (Å²) in [6.07, 6.45) is 7.34. The van der Waals surface area contributed by atoms with E-state index in [1.165, 1.54) is 11.5 Å². The van der Waals surface area contributed by atoms with E-state index < -0.39 is 0 Å². The van der Waals surface area contributed by atoms with Crippen molar-refractivity contribution in [1.82, 2.24) is 14.5 Å². The molecule has 4 aromatic rings. The number of nitrogens with zero attached hydrogens (tertiary/aromatic N) is 3. The third kappa shape index (κ3) is 4.14. The Morgan fingerprint density at radius 1 is 1.06 bits per heavy atom. The molecule has 1 aliphatic heterocycles. The number of ether oxygens (including phenoxy) is 1. The van der Waals surface area contributed by atoms with Gasteiger partial charge in [0, 0.05) is 42.5 Å². The molecule has 2 aromatic carbocycles. The number of fused-ring (bicyclic) bond motifs is 1. The summed E-state index contributed by atoms with van der Waals surface area (Å²) in [5, 5.41) is 1.21. The van der Waals surface area contributed by atoms with Crippen LogP contribution < -0.4 is 4.74 Å². The van der Waals surface area contributed by atoms with E-state index in [1.54, 1.807) is 0 Å². The number of aryl methyl sites for hydroxylation is 1. The number of hydrogen-bond acceptors (Lipinski definition) is 3. The maximum absolute atomic E-state index is 12.0. The number of amides is 1. The Balaban J connectivity index is 1.50. The van der Waals surface area contributed by atoms with Crippen molar-refractivity contribution in [3.63, 3.8) is 0 Å². The third-order valence-corrected chi connectivity index (χ3v) is 6.38. The number of likely N-dealkylation sites (tertiary alicyclic amines) is 1. The molecule has 0 atom stereocenters. The number of para-hydroxylation sites is 1. The number of piperidine rings is 1. The Morgan fingerprint density at radius 3 is 2.58 bits per heavy atom. The molecule has 1 aliphatic rings. The van der Waals surface area contributed by atoms with Crippen LogP contribution in [0.25, 0.3) is 22.2 Å². The summed E-state index contributed by atoms with van der Waals surface area (Å²) < 4.78 is 8.42. The minimum atomic E-state index is 0.0132. The van der Waals surface area contributed by atoms with Gasteiger partial charge in [0.2, 0.25) is 5.91 Å². The molecule has 0 aliphatic carbocycles. The zero-order valence-electron chi connectivity index (χ0n) is 18.8. The Bertz CT molecular complexity index is 1300. The molecule has 3 heterocycles. The number of carbonyl (C=O) groups is 1. The average Bonchev–Trinajstić information content (AvgIpc) is 3.31. The molecular formula is C28H27N3O2. The van der Waals surface area contributed by atoms with Gasteiger partial charge in [-0.15, -0.1) is 0 Å². The lowest BCUT2D eigenvalue weighted by molar-refractivity contribution is -0.127. The molecule has 1 amide bonds. The molecule has 5 nitrogen and oxygen atoms in total. The van der Waals surface area contributed by atoms with Crippen molar-refractivity contribution in [2.45, 2.75) is 25.8 Å². The predicted octanol–water partition coefficient (Wildman–Crippen LogP) is 6.15. The molecule has 0 unspecified atom stereocenters. The molecule has 166 valence electrons. The minimum Gasteiger partial charge on any atom is -0.457 e. The van der Waals surface area contributed by atoms with Gasteiger partial charge in [-0.3, -0.25) is 9.78 Å². The van der Waals surface area contributed by atoms with Crippen LogP contribution in [0.5, 0.6) is 11.5 Å². The normalized spacial score (nSPS) is 14.4. The lowest BCUT2D eigenvalue weighted by Crippen LogP contribution is -2.38. The van der Waals surface area contributed by atoms with E-state index in [1.807, 2.05) is 59.6 Å². The molecule has 33 heavy (non-hydrogen) atoms. The van der Waals surface area contributed by atoms with Crippen LogP contribution in [-0.4, -0.2) is 33.4 Å². The monoisotopic (exact) mass is 437 g/mol. The van der Waals surface area contributed by atoms with Crippen molar-refractivity contribution in [3.8, 4) is 22.8 Å². The molecule has 0 bridgehead atoms. The van der Waals surface area contributed by atoms with E-state index in [2.05, 4.69) is 36.4 Å². The molecule has 5 heteroatoms. The van der Waals surface area contributed by atoms with Crippen molar-refractivity contribution in [2.75, 3.05) is 13.1 Å². The summed E-state index contributed by atoms with van der Waals surface area (Å²) in [6.45, 7) is 7.20. The molecule has 2 aromatic heterocycles. The molecule has 1 saturated heterocycles. The van der Waals surface area contributed by atoms with Crippen LogP contribution in [0.2, 0.25) is 0 Å². The summed E-state index contributed by atoms with van der Waals surface area (Å²) in [7, 11) is 0. The number of rotatable bonds is 5. The third-order valence-electron chi connectivity index (χ3n) is 6.38. The molecule has 5 rings (SSSR count). The first kappa shape index (κ1) is 21.0. The molecule has 0 saturated carbocycles. The summed E-state index contributed by atoms with van der Waals surface area (Å²) in [5.74, 6) is 1.60. The first-order valence-electron chi connectivity index (χ1n) is 11.3. The largest absolute Gasteiger partial charge is 0.457 e. The fraction of sp³-hybridized carbons (Fsp3) is 0.214. The lowest BCUT2D eigenvalue weighted by Gasteiger charge is -2.32. The van der Waals surface area contributed by atoms with Crippen LogP contribution in [-0.2, 0) is 4.79 Å². The molecular weight excluding hydrogens is 410 g/mol. The van der Waals surface area contributed by atoms with Crippen LogP contribution in [0, 0.1) is 6.92 Å². The molecule has 0 N–H and O–H groups in total. The number of hydrogen-bond donors (Lipinski definition) is 0. The smallest absolute Gasteiger partial charge is 0.245 e.